The zero-order valence-corrected chi connectivity index (χ0v) is 9.38. The van der Waals surface area contributed by atoms with Gasteiger partial charge in [-0.05, 0) is 5.92 Å². The van der Waals surface area contributed by atoms with Crippen molar-refractivity contribution < 1.29 is 0 Å². The van der Waals surface area contributed by atoms with Crippen molar-refractivity contribution in [3.05, 3.63) is 23.5 Å². The number of nitrogens with zero attached hydrogens (tertiary/aromatic N) is 3. The van der Waals surface area contributed by atoms with Gasteiger partial charge in [0, 0.05) is 29.9 Å². The van der Waals surface area contributed by atoms with Crippen molar-refractivity contribution >= 4 is 11.3 Å². The Morgan fingerprint density at radius 3 is 2.64 bits per heavy atom. The van der Waals surface area contributed by atoms with E-state index in [1.165, 1.54) is 4.88 Å². The van der Waals surface area contributed by atoms with Crippen LogP contribution in [0.25, 0.3) is 10.6 Å². The summed E-state index contributed by atoms with van der Waals surface area (Å²) in [5.74, 6) is 0.554. The first-order valence-electron chi connectivity index (χ1n) is 4.61. The first kappa shape index (κ1) is 9.40. The molecule has 2 heterocycles. The summed E-state index contributed by atoms with van der Waals surface area (Å²) in [4.78, 5) is 5.71. The quantitative estimate of drug-likeness (QED) is 0.758. The van der Waals surface area contributed by atoms with E-state index in [1.54, 1.807) is 16.0 Å². The highest BCUT2D eigenvalue weighted by Crippen LogP contribution is 2.28. The fourth-order valence-corrected chi connectivity index (χ4v) is 2.11. The van der Waals surface area contributed by atoms with Crippen LogP contribution in [0.2, 0.25) is 0 Å². The van der Waals surface area contributed by atoms with Gasteiger partial charge in [0.25, 0.3) is 0 Å². The molecule has 14 heavy (non-hydrogen) atoms. The molecule has 0 fully saturated rings. The van der Waals surface area contributed by atoms with Gasteiger partial charge in [0.05, 0.1) is 6.20 Å². The van der Waals surface area contributed by atoms with Gasteiger partial charge in [-0.3, -0.25) is 4.68 Å². The van der Waals surface area contributed by atoms with E-state index in [1.807, 2.05) is 25.6 Å². The molecule has 0 aliphatic carbocycles. The lowest BCUT2D eigenvalue weighted by molar-refractivity contribution is 0.768. The Labute approximate surface area is 87.4 Å². The number of aromatic nitrogens is 3. The minimum absolute atomic E-state index is 0.554. The van der Waals surface area contributed by atoms with Crippen molar-refractivity contribution in [3.63, 3.8) is 0 Å². The first-order chi connectivity index (χ1) is 6.66. The van der Waals surface area contributed by atoms with Crippen LogP contribution < -0.4 is 0 Å². The van der Waals surface area contributed by atoms with Crippen molar-refractivity contribution in [3.8, 4) is 10.6 Å². The molecule has 0 amide bonds. The van der Waals surface area contributed by atoms with Crippen molar-refractivity contribution in [2.45, 2.75) is 19.8 Å². The third kappa shape index (κ3) is 1.70. The van der Waals surface area contributed by atoms with Gasteiger partial charge in [-0.15, -0.1) is 11.3 Å². The lowest BCUT2D eigenvalue weighted by atomic mass is 10.2. The van der Waals surface area contributed by atoms with Crippen LogP contribution in [0.15, 0.2) is 18.6 Å². The van der Waals surface area contributed by atoms with E-state index in [4.69, 9.17) is 0 Å². The molecule has 74 valence electrons. The second-order valence-electron chi connectivity index (χ2n) is 3.63. The van der Waals surface area contributed by atoms with Crippen LogP contribution in [0.3, 0.4) is 0 Å². The summed E-state index contributed by atoms with van der Waals surface area (Å²) in [6.45, 7) is 4.36. The Morgan fingerprint density at radius 2 is 2.14 bits per heavy atom. The molecule has 0 saturated heterocycles. The van der Waals surface area contributed by atoms with Crippen LogP contribution in [0.5, 0.6) is 0 Å². The van der Waals surface area contributed by atoms with Crippen molar-refractivity contribution in [2.24, 2.45) is 7.05 Å². The van der Waals surface area contributed by atoms with Crippen LogP contribution in [0.4, 0.5) is 0 Å². The molecule has 0 atom stereocenters. The molecule has 0 aliphatic heterocycles. The maximum absolute atomic E-state index is 4.39. The van der Waals surface area contributed by atoms with E-state index in [9.17, 15) is 0 Å². The zero-order valence-electron chi connectivity index (χ0n) is 8.56. The van der Waals surface area contributed by atoms with Crippen LogP contribution in [0, 0.1) is 0 Å². The van der Waals surface area contributed by atoms with Gasteiger partial charge in [0.15, 0.2) is 0 Å². The highest BCUT2D eigenvalue weighted by atomic mass is 32.1. The molecule has 0 saturated carbocycles. The fraction of sp³-hybridized carbons (Fsp3) is 0.400. The molecule has 3 nitrogen and oxygen atoms in total. The topological polar surface area (TPSA) is 30.7 Å². The van der Waals surface area contributed by atoms with E-state index in [-0.39, 0.29) is 0 Å². The van der Waals surface area contributed by atoms with E-state index < -0.39 is 0 Å². The maximum Gasteiger partial charge on any atom is 0.126 e. The zero-order chi connectivity index (χ0) is 10.1. The minimum Gasteiger partial charge on any atom is -0.275 e. The molecule has 2 aromatic heterocycles. The summed E-state index contributed by atoms with van der Waals surface area (Å²) >= 11 is 1.74. The monoisotopic (exact) mass is 207 g/mol. The smallest absolute Gasteiger partial charge is 0.126 e. The van der Waals surface area contributed by atoms with Gasteiger partial charge in [-0.1, -0.05) is 13.8 Å². The van der Waals surface area contributed by atoms with E-state index in [0.29, 0.717) is 5.92 Å². The Bertz CT molecular complexity index is 428. The number of thiazole rings is 1. The van der Waals surface area contributed by atoms with Crippen molar-refractivity contribution in [2.75, 3.05) is 0 Å². The normalized spacial score (nSPS) is 11.1. The Morgan fingerprint density at radius 1 is 1.36 bits per heavy atom. The summed E-state index contributed by atoms with van der Waals surface area (Å²) in [7, 11) is 1.92. The van der Waals surface area contributed by atoms with Gasteiger partial charge >= 0.3 is 0 Å². The van der Waals surface area contributed by atoms with Crippen LogP contribution in [-0.2, 0) is 7.05 Å². The third-order valence-electron chi connectivity index (χ3n) is 2.04. The molecule has 0 spiro atoms. The Hall–Kier alpha value is -1.16. The molecule has 0 aromatic carbocycles. The highest BCUT2D eigenvalue weighted by Gasteiger charge is 2.08. The lowest BCUT2D eigenvalue weighted by Crippen LogP contribution is -1.83. The molecule has 4 heteroatoms. The second-order valence-corrected chi connectivity index (χ2v) is 4.69. The molecular formula is C10H13N3S. The van der Waals surface area contributed by atoms with Crippen LogP contribution in [0.1, 0.15) is 24.6 Å². The SMILES string of the molecule is CC(C)c1cnc(-c2cnn(C)c2)s1. The van der Waals surface area contributed by atoms with Gasteiger partial charge < -0.3 is 0 Å². The van der Waals surface area contributed by atoms with Crippen LogP contribution >= 0.6 is 11.3 Å². The number of rotatable bonds is 2. The molecule has 0 aliphatic rings. The molecule has 0 unspecified atom stereocenters. The Balaban J connectivity index is 2.33. The van der Waals surface area contributed by atoms with Crippen molar-refractivity contribution in [1.82, 2.24) is 14.8 Å². The number of hydrogen-bond acceptors (Lipinski definition) is 3. The van der Waals surface area contributed by atoms with E-state index in [0.717, 1.165) is 10.6 Å². The van der Waals surface area contributed by atoms with Crippen LogP contribution in [-0.4, -0.2) is 14.8 Å². The van der Waals surface area contributed by atoms with Gasteiger partial charge in [0.1, 0.15) is 5.01 Å². The summed E-state index contributed by atoms with van der Waals surface area (Å²) in [6.07, 6.45) is 5.80. The predicted molar refractivity (Wildman–Crippen MR) is 58.4 cm³/mol. The summed E-state index contributed by atoms with van der Waals surface area (Å²) in [5.41, 5.74) is 1.10. The average molecular weight is 207 g/mol. The predicted octanol–water partition coefficient (Wildman–Crippen LogP) is 2.67. The van der Waals surface area contributed by atoms with Crippen molar-refractivity contribution in [1.29, 1.82) is 0 Å². The molecule has 0 N–H and O–H groups in total. The maximum atomic E-state index is 4.39. The summed E-state index contributed by atoms with van der Waals surface area (Å²) < 4.78 is 1.80. The van der Waals surface area contributed by atoms with Gasteiger partial charge in [-0.2, -0.15) is 5.10 Å². The standard InChI is InChI=1S/C10H13N3S/c1-7(2)9-5-11-10(14-9)8-4-12-13(3)6-8/h4-7H,1-3H3. The largest absolute Gasteiger partial charge is 0.275 e. The van der Waals surface area contributed by atoms with E-state index >= 15 is 0 Å². The van der Waals surface area contributed by atoms with Gasteiger partial charge in [-0.25, -0.2) is 4.98 Å². The molecule has 0 bridgehead atoms. The lowest BCUT2D eigenvalue weighted by Gasteiger charge is -1.95. The van der Waals surface area contributed by atoms with E-state index in [2.05, 4.69) is 23.9 Å². The molecule has 0 radical (unpaired) electrons. The fourth-order valence-electron chi connectivity index (χ4n) is 1.22. The third-order valence-corrected chi connectivity index (χ3v) is 3.39. The number of hydrogen-bond donors (Lipinski definition) is 0. The second kappa shape index (κ2) is 3.53. The number of aryl methyl sites for hydroxylation is 1. The minimum atomic E-state index is 0.554. The highest BCUT2D eigenvalue weighted by molar-refractivity contribution is 7.15. The molecule has 2 rings (SSSR count). The molecular weight excluding hydrogens is 194 g/mol. The van der Waals surface area contributed by atoms with Gasteiger partial charge in [0.2, 0.25) is 0 Å². The molecule has 2 aromatic rings. The first-order valence-corrected chi connectivity index (χ1v) is 5.43. The summed E-state index contributed by atoms with van der Waals surface area (Å²) in [6, 6.07) is 0. The summed E-state index contributed by atoms with van der Waals surface area (Å²) in [5, 5.41) is 5.19. The average Bonchev–Trinajstić information content (AvgIpc) is 2.70. The Kier molecular flexibility index (Phi) is 2.37.